The zero-order valence-corrected chi connectivity index (χ0v) is 17.3. The third-order valence-electron chi connectivity index (χ3n) is 6.10. The summed E-state index contributed by atoms with van der Waals surface area (Å²) >= 11 is 1.62. The van der Waals surface area contributed by atoms with Crippen LogP contribution < -0.4 is 9.64 Å². The molecule has 3 amide bonds. The largest absolute Gasteiger partial charge is 0.497 e. The van der Waals surface area contributed by atoms with Gasteiger partial charge in [0.05, 0.1) is 18.5 Å². The van der Waals surface area contributed by atoms with Crippen molar-refractivity contribution in [1.82, 2.24) is 9.88 Å². The van der Waals surface area contributed by atoms with E-state index < -0.39 is 5.54 Å². The van der Waals surface area contributed by atoms with Crippen molar-refractivity contribution in [1.29, 1.82) is 0 Å². The maximum Gasteiger partial charge on any atom is 0.332 e. The molecule has 29 heavy (non-hydrogen) atoms. The zero-order valence-electron chi connectivity index (χ0n) is 16.5. The van der Waals surface area contributed by atoms with Crippen molar-refractivity contribution in [3.05, 3.63) is 53.7 Å². The number of carbonyl (C=O) groups excluding carboxylic acids is 2. The normalized spacial score (nSPS) is 20.9. The van der Waals surface area contributed by atoms with Gasteiger partial charge in [-0.1, -0.05) is 0 Å². The Morgan fingerprint density at radius 2 is 1.90 bits per heavy atom. The standard InChI is InChI=1S/C22H21N3O3S/c1-22-19-16(17-12-14(28-2)6-9-18(17)23-19)10-11-24(22)21(27)25(20(22)26)13-4-7-15(29-3)8-5-13/h4-9,12,23H,10-11H2,1-3H3/t22-/m0/s1. The molecule has 1 N–H and O–H groups in total. The van der Waals surface area contributed by atoms with Gasteiger partial charge in [0.25, 0.3) is 5.91 Å². The lowest BCUT2D eigenvalue weighted by Gasteiger charge is -2.35. The predicted molar refractivity (Wildman–Crippen MR) is 114 cm³/mol. The van der Waals surface area contributed by atoms with E-state index in [9.17, 15) is 9.59 Å². The number of nitrogens with one attached hydrogen (secondary N) is 1. The lowest BCUT2D eigenvalue weighted by Crippen LogP contribution is -2.49. The predicted octanol–water partition coefficient (Wildman–Crippen LogP) is 4.14. The molecule has 2 aliphatic rings. The third kappa shape index (κ3) is 2.37. The second kappa shape index (κ2) is 6.29. The topological polar surface area (TPSA) is 65.6 Å². The van der Waals surface area contributed by atoms with Gasteiger partial charge in [-0.3, -0.25) is 4.79 Å². The molecule has 3 aromatic rings. The molecule has 1 saturated heterocycles. The molecule has 0 radical (unpaired) electrons. The number of ether oxygens (including phenoxy) is 1. The number of methoxy groups -OCH3 is 1. The summed E-state index contributed by atoms with van der Waals surface area (Å²) in [6.45, 7) is 2.34. The Morgan fingerprint density at radius 3 is 2.59 bits per heavy atom. The molecular formula is C22H21N3O3S. The first kappa shape index (κ1) is 18.1. The molecule has 0 aliphatic carbocycles. The van der Waals surface area contributed by atoms with Crippen molar-refractivity contribution in [3.63, 3.8) is 0 Å². The molecule has 0 bridgehead atoms. The van der Waals surface area contributed by atoms with Crippen LogP contribution in [0.5, 0.6) is 5.75 Å². The number of hydrogen-bond donors (Lipinski definition) is 1. The molecule has 3 heterocycles. The van der Waals surface area contributed by atoms with Gasteiger partial charge in [0.2, 0.25) is 0 Å². The van der Waals surface area contributed by atoms with Crippen LogP contribution in [0.3, 0.4) is 0 Å². The number of imide groups is 1. The molecule has 1 fully saturated rings. The van der Waals surface area contributed by atoms with Crippen molar-refractivity contribution >= 4 is 40.3 Å². The lowest BCUT2D eigenvalue weighted by molar-refractivity contribution is -0.125. The highest BCUT2D eigenvalue weighted by Gasteiger charge is 2.59. The summed E-state index contributed by atoms with van der Waals surface area (Å²) in [5, 5.41) is 1.04. The average Bonchev–Trinajstić information content (AvgIpc) is 3.21. The van der Waals surface area contributed by atoms with E-state index in [4.69, 9.17) is 4.74 Å². The van der Waals surface area contributed by atoms with E-state index in [2.05, 4.69) is 4.98 Å². The molecule has 7 heteroatoms. The van der Waals surface area contributed by atoms with Crippen LogP contribution in [-0.4, -0.2) is 41.7 Å². The minimum Gasteiger partial charge on any atom is -0.497 e. The first-order valence-electron chi connectivity index (χ1n) is 9.48. The smallest absolute Gasteiger partial charge is 0.332 e. The number of anilines is 1. The number of aromatic amines is 1. The van der Waals surface area contributed by atoms with Gasteiger partial charge in [-0.25, -0.2) is 9.69 Å². The summed E-state index contributed by atoms with van der Waals surface area (Å²) < 4.78 is 5.37. The highest BCUT2D eigenvalue weighted by Crippen LogP contribution is 2.45. The first-order chi connectivity index (χ1) is 14.0. The molecule has 1 aromatic heterocycles. The van der Waals surface area contributed by atoms with Crippen molar-refractivity contribution in [2.75, 3.05) is 24.8 Å². The SMILES string of the molecule is COc1ccc2[nH]c3c(c2c1)CCN1C(=O)N(c2ccc(SC)cc2)C(=O)[C@]31C. The van der Waals surface area contributed by atoms with Gasteiger partial charge in [-0.05, 0) is 67.6 Å². The quantitative estimate of drug-likeness (QED) is 0.524. The van der Waals surface area contributed by atoms with Crippen molar-refractivity contribution in [3.8, 4) is 5.75 Å². The number of amides is 3. The number of carbonyl (C=O) groups is 2. The summed E-state index contributed by atoms with van der Waals surface area (Å²) in [6.07, 6.45) is 2.69. The van der Waals surface area contributed by atoms with Gasteiger partial charge in [0.15, 0.2) is 5.54 Å². The molecule has 0 unspecified atom stereocenters. The van der Waals surface area contributed by atoms with Gasteiger partial charge in [0, 0.05) is 22.3 Å². The van der Waals surface area contributed by atoms with Gasteiger partial charge < -0.3 is 14.6 Å². The second-order valence-electron chi connectivity index (χ2n) is 7.49. The maximum absolute atomic E-state index is 13.6. The molecule has 0 spiro atoms. The Kier molecular flexibility index (Phi) is 3.93. The molecule has 0 saturated carbocycles. The molecular weight excluding hydrogens is 386 g/mol. The minimum absolute atomic E-state index is 0.223. The fourth-order valence-electron chi connectivity index (χ4n) is 4.50. The molecule has 2 aromatic carbocycles. The Hall–Kier alpha value is -2.93. The second-order valence-corrected chi connectivity index (χ2v) is 8.36. The van der Waals surface area contributed by atoms with E-state index in [1.165, 1.54) is 4.90 Å². The van der Waals surface area contributed by atoms with Crippen LogP contribution in [0.25, 0.3) is 10.9 Å². The van der Waals surface area contributed by atoms with Crippen LogP contribution in [0.2, 0.25) is 0 Å². The van der Waals surface area contributed by atoms with Crippen LogP contribution in [0.15, 0.2) is 47.4 Å². The highest BCUT2D eigenvalue weighted by atomic mass is 32.2. The average molecular weight is 407 g/mol. The van der Waals surface area contributed by atoms with Crippen LogP contribution >= 0.6 is 11.8 Å². The molecule has 2 aliphatic heterocycles. The molecule has 1 atom stereocenters. The van der Waals surface area contributed by atoms with Crippen molar-refractivity contribution < 1.29 is 14.3 Å². The molecule has 6 nitrogen and oxygen atoms in total. The number of nitrogens with zero attached hydrogens (tertiary/aromatic N) is 2. The van der Waals surface area contributed by atoms with Gasteiger partial charge in [-0.15, -0.1) is 11.8 Å². The monoisotopic (exact) mass is 407 g/mol. The zero-order chi connectivity index (χ0) is 20.3. The van der Waals surface area contributed by atoms with Gasteiger partial charge in [0.1, 0.15) is 5.75 Å². The van der Waals surface area contributed by atoms with Crippen molar-refractivity contribution in [2.45, 2.75) is 23.8 Å². The van der Waals surface area contributed by atoms with Crippen molar-refractivity contribution in [2.24, 2.45) is 0 Å². The number of hydrogen-bond acceptors (Lipinski definition) is 4. The Morgan fingerprint density at radius 1 is 1.14 bits per heavy atom. The van der Waals surface area contributed by atoms with E-state index in [1.54, 1.807) is 23.8 Å². The van der Waals surface area contributed by atoms with E-state index >= 15 is 0 Å². The van der Waals surface area contributed by atoms with Crippen LogP contribution in [0.4, 0.5) is 10.5 Å². The van der Waals surface area contributed by atoms with Crippen LogP contribution in [-0.2, 0) is 16.8 Å². The Labute approximate surface area is 172 Å². The summed E-state index contributed by atoms with van der Waals surface area (Å²) in [6, 6.07) is 13.1. The Balaban J connectivity index is 1.64. The Bertz CT molecular complexity index is 1150. The van der Waals surface area contributed by atoms with E-state index in [0.29, 0.717) is 18.7 Å². The third-order valence-corrected chi connectivity index (χ3v) is 6.84. The van der Waals surface area contributed by atoms with Gasteiger partial charge >= 0.3 is 6.03 Å². The number of fused-ring (bicyclic) bond motifs is 5. The lowest BCUT2D eigenvalue weighted by atomic mass is 9.87. The summed E-state index contributed by atoms with van der Waals surface area (Å²) in [5.74, 6) is 0.551. The van der Waals surface area contributed by atoms with E-state index in [-0.39, 0.29) is 11.9 Å². The summed E-state index contributed by atoms with van der Waals surface area (Å²) in [5.41, 5.74) is 2.39. The number of thioether (sulfide) groups is 1. The fourth-order valence-corrected chi connectivity index (χ4v) is 4.91. The van der Waals surface area contributed by atoms with E-state index in [0.717, 1.165) is 32.8 Å². The number of rotatable bonds is 3. The highest BCUT2D eigenvalue weighted by molar-refractivity contribution is 7.98. The van der Waals surface area contributed by atoms with Crippen LogP contribution in [0.1, 0.15) is 18.2 Å². The van der Waals surface area contributed by atoms with E-state index in [1.807, 2.05) is 55.6 Å². The first-order valence-corrected chi connectivity index (χ1v) is 10.7. The number of aromatic nitrogens is 1. The number of benzene rings is 2. The minimum atomic E-state index is -1.05. The summed E-state index contributed by atoms with van der Waals surface area (Å²) in [7, 11) is 1.64. The molecule has 5 rings (SSSR count). The summed E-state index contributed by atoms with van der Waals surface area (Å²) in [4.78, 5) is 34.3. The van der Waals surface area contributed by atoms with Crippen LogP contribution in [0, 0.1) is 0 Å². The fraction of sp³-hybridized carbons (Fsp3) is 0.273. The molecule has 148 valence electrons. The number of urea groups is 1. The number of H-pyrrole nitrogens is 1. The maximum atomic E-state index is 13.6. The van der Waals surface area contributed by atoms with Gasteiger partial charge in [-0.2, -0.15) is 0 Å².